The Kier molecular flexibility index (Phi) is 6.68. The first kappa shape index (κ1) is 21.1. The molecule has 31 heavy (non-hydrogen) atoms. The van der Waals surface area contributed by atoms with Crippen molar-refractivity contribution in [3.63, 3.8) is 0 Å². The number of amides is 1. The Hall–Kier alpha value is -3.11. The summed E-state index contributed by atoms with van der Waals surface area (Å²) in [7, 11) is 1.91. The first-order valence-corrected chi connectivity index (χ1v) is 11.0. The zero-order valence-electron chi connectivity index (χ0n) is 18.0. The lowest BCUT2D eigenvalue weighted by Crippen LogP contribution is -2.41. The number of rotatable bonds is 7. The van der Waals surface area contributed by atoms with Crippen molar-refractivity contribution in [2.45, 2.75) is 24.8 Å². The largest absolute Gasteiger partial charge is 0.508 e. The van der Waals surface area contributed by atoms with Gasteiger partial charge in [-0.1, -0.05) is 72.8 Å². The third kappa shape index (κ3) is 4.97. The van der Waals surface area contributed by atoms with Crippen molar-refractivity contribution in [1.29, 1.82) is 0 Å². The molecule has 160 valence electrons. The Bertz CT molecular complexity index is 928. The topological polar surface area (TPSA) is 43.8 Å². The van der Waals surface area contributed by atoms with E-state index in [1.165, 1.54) is 12.8 Å². The van der Waals surface area contributed by atoms with Crippen molar-refractivity contribution in [1.82, 2.24) is 9.80 Å². The lowest BCUT2D eigenvalue weighted by Gasteiger charge is -2.34. The third-order valence-electron chi connectivity index (χ3n) is 6.24. The smallest absolute Gasteiger partial charge is 0.234 e. The van der Waals surface area contributed by atoms with E-state index in [9.17, 15) is 9.90 Å². The van der Waals surface area contributed by atoms with Gasteiger partial charge in [0, 0.05) is 13.6 Å². The Morgan fingerprint density at radius 1 is 0.839 bits per heavy atom. The normalized spacial score (nSPS) is 15.2. The average molecular weight is 415 g/mol. The number of benzene rings is 3. The maximum Gasteiger partial charge on any atom is 0.234 e. The number of likely N-dealkylation sites (N-methyl/N-ethyl adjacent to an activating group) is 1. The minimum atomic E-state index is -0.356. The summed E-state index contributed by atoms with van der Waals surface area (Å²) in [5.41, 5.74) is 3.03. The zero-order valence-corrected chi connectivity index (χ0v) is 18.0. The second kappa shape index (κ2) is 9.80. The molecule has 1 amide bonds. The minimum Gasteiger partial charge on any atom is -0.508 e. The van der Waals surface area contributed by atoms with E-state index in [4.69, 9.17) is 0 Å². The summed E-state index contributed by atoms with van der Waals surface area (Å²) in [4.78, 5) is 18.3. The first-order valence-electron chi connectivity index (χ1n) is 11.0. The molecule has 0 unspecified atom stereocenters. The Morgan fingerprint density at radius 3 is 1.87 bits per heavy atom. The second-order valence-electron chi connectivity index (χ2n) is 8.32. The second-order valence-corrected chi connectivity index (χ2v) is 8.32. The fraction of sp³-hybridized carbons (Fsp3) is 0.296. The number of carbonyl (C=O) groups is 1. The summed E-state index contributed by atoms with van der Waals surface area (Å²) >= 11 is 0. The molecule has 1 aliphatic rings. The van der Waals surface area contributed by atoms with Gasteiger partial charge in [0.25, 0.3) is 0 Å². The molecule has 0 spiro atoms. The number of hydrogen-bond donors (Lipinski definition) is 1. The average Bonchev–Trinajstić information content (AvgIpc) is 3.33. The summed E-state index contributed by atoms with van der Waals surface area (Å²) in [6, 6.07) is 27.2. The fourth-order valence-electron chi connectivity index (χ4n) is 4.48. The zero-order chi connectivity index (χ0) is 21.6. The van der Waals surface area contributed by atoms with E-state index in [2.05, 4.69) is 4.90 Å². The van der Waals surface area contributed by atoms with Crippen LogP contribution in [0.5, 0.6) is 5.75 Å². The predicted octanol–water partition coefficient (Wildman–Crippen LogP) is 4.82. The maximum atomic E-state index is 14.0. The van der Waals surface area contributed by atoms with Crippen molar-refractivity contribution in [3.05, 3.63) is 102 Å². The van der Waals surface area contributed by atoms with Crippen LogP contribution in [0.3, 0.4) is 0 Å². The third-order valence-corrected chi connectivity index (χ3v) is 6.24. The van der Waals surface area contributed by atoms with Crippen LogP contribution in [0, 0.1) is 0 Å². The van der Waals surface area contributed by atoms with Crippen LogP contribution in [-0.2, 0) is 4.79 Å². The van der Waals surface area contributed by atoms with Crippen LogP contribution in [0.15, 0.2) is 84.9 Å². The summed E-state index contributed by atoms with van der Waals surface area (Å²) in [6.07, 6.45) is 2.41. The van der Waals surface area contributed by atoms with Gasteiger partial charge in [0.05, 0.1) is 12.0 Å². The van der Waals surface area contributed by atoms with Crippen molar-refractivity contribution in [3.8, 4) is 5.75 Å². The molecule has 3 aromatic carbocycles. The Balaban J connectivity index is 1.68. The van der Waals surface area contributed by atoms with Crippen LogP contribution < -0.4 is 0 Å². The van der Waals surface area contributed by atoms with E-state index in [1.807, 2.05) is 84.7 Å². The lowest BCUT2D eigenvalue weighted by atomic mass is 9.89. The highest BCUT2D eigenvalue weighted by atomic mass is 16.3. The van der Waals surface area contributed by atoms with Crippen LogP contribution >= 0.6 is 0 Å². The summed E-state index contributed by atoms with van der Waals surface area (Å²) in [5.74, 6) is -0.0376. The van der Waals surface area contributed by atoms with Gasteiger partial charge in [-0.3, -0.25) is 4.79 Å². The molecule has 3 aromatic rings. The number of likely N-dealkylation sites (tertiary alicyclic amines) is 1. The van der Waals surface area contributed by atoms with E-state index in [0.29, 0.717) is 0 Å². The summed E-state index contributed by atoms with van der Waals surface area (Å²) in [6.45, 7) is 2.93. The van der Waals surface area contributed by atoms with Crippen molar-refractivity contribution in [2.75, 3.05) is 26.7 Å². The van der Waals surface area contributed by atoms with Crippen molar-refractivity contribution >= 4 is 5.91 Å². The molecule has 0 aliphatic carbocycles. The van der Waals surface area contributed by atoms with Gasteiger partial charge in [-0.15, -0.1) is 0 Å². The number of aromatic hydroxyl groups is 1. The minimum absolute atomic E-state index is 0.0784. The van der Waals surface area contributed by atoms with Crippen LogP contribution in [0.1, 0.15) is 41.5 Å². The molecule has 0 bridgehead atoms. The first-order chi connectivity index (χ1) is 15.1. The van der Waals surface area contributed by atoms with Crippen molar-refractivity contribution in [2.24, 2.45) is 0 Å². The molecule has 4 heteroatoms. The van der Waals surface area contributed by atoms with Gasteiger partial charge in [-0.2, -0.15) is 0 Å². The molecule has 1 heterocycles. The quantitative estimate of drug-likeness (QED) is 0.603. The van der Waals surface area contributed by atoms with Gasteiger partial charge in [0.2, 0.25) is 5.91 Å². The lowest BCUT2D eigenvalue weighted by molar-refractivity contribution is -0.133. The highest BCUT2D eigenvalue weighted by Gasteiger charge is 2.31. The van der Waals surface area contributed by atoms with E-state index in [-0.39, 0.29) is 23.6 Å². The Labute approximate surface area is 184 Å². The molecule has 0 radical (unpaired) electrons. The van der Waals surface area contributed by atoms with Gasteiger partial charge in [-0.25, -0.2) is 0 Å². The van der Waals surface area contributed by atoms with Gasteiger partial charge < -0.3 is 14.9 Å². The SMILES string of the molecule is CN(C(=O)C(c1ccccc1)c1ccccc1)[C@H](CN1CCCC1)c1ccc(O)cc1. The van der Waals surface area contributed by atoms with Crippen LogP contribution in [0.4, 0.5) is 0 Å². The van der Waals surface area contributed by atoms with Crippen LogP contribution in [0.25, 0.3) is 0 Å². The van der Waals surface area contributed by atoms with Crippen LogP contribution in [-0.4, -0.2) is 47.5 Å². The highest BCUT2D eigenvalue weighted by Crippen LogP contribution is 2.31. The van der Waals surface area contributed by atoms with E-state index < -0.39 is 0 Å². The van der Waals surface area contributed by atoms with E-state index >= 15 is 0 Å². The molecule has 1 atom stereocenters. The summed E-state index contributed by atoms with van der Waals surface area (Å²) < 4.78 is 0. The van der Waals surface area contributed by atoms with Gasteiger partial charge in [-0.05, 0) is 54.8 Å². The molecule has 4 rings (SSSR count). The highest BCUT2D eigenvalue weighted by molar-refractivity contribution is 5.87. The molecule has 0 saturated carbocycles. The number of phenols is 1. The van der Waals surface area contributed by atoms with Crippen LogP contribution in [0.2, 0.25) is 0 Å². The number of nitrogens with zero attached hydrogens (tertiary/aromatic N) is 2. The molecule has 4 nitrogen and oxygen atoms in total. The van der Waals surface area contributed by atoms with E-state index in [0.717, 1.165) is 36.3 Å². The Morgan fingerprint density at radius 2 is 1.35 bits per heavy atom. The van der Waals surface area contributed by atoms with E-state index in [1.54, 1.807) is 12.1 Å². The number of hydrogen-bond acceptors (Lipinski definition) is 3. The fourth-order valence-corrected chi connectivity index (χ4v) is 4.48. The van der Waals surface area contributed by atoms with Crippen molar-refractivity contribution < 1.29 is 9.90 Å². The van der Waals surface area contributed by atoms with Gasteiger partial charge >= 0.3 is 0 Å². The standard InChI is InChI=1S/C27H30N2O2/c1-28(25(20-29-18-8-9-19-29)21-14-16-24(30)17-15-21)27(31)26(22-10-4-2-5-11-22)23-12-6-3-7-13-23/h2-7,10-17,25-26,30H,8-9,18-20H2,1H3/t25-/m1/s1. The molecule has 1 fully saturated rings. The van der Waals surface area contributed by atoms with Gasteiger partial charge in [0.1, 0.15) is 5.75 Å². The molecule has 1 N–H and O–H groups in total. The molecular weight excluding hydrogens is 384 g/mol. The molecule has 1 aliphatic heterocycles. The molecule has 0 aromatic heterocycles. The number of phenolic OH excluding ortho intramolecular Hbond substituents is 1. The molecular formula is C27H30N2O2. The maximum absolute atomic E-state index is 14.0. The predicted molar refractivity (Wildman–Crippen MR) is 124 cm³/mol. The monoisotopic (exact) mass is 414 g/mol. The van der Waals surface area contributed by atoms with Gasteiger partial charge in [0.15, 0.2) is 0 Å². The number of carbonyl (C=O) groups excluding carboxylic acids is 1. The molecule has 1 saturated heterocycles. The summed E-state index contributed by atoms with van der Waals surface area (Å²) in [5, 5.41) is 9.77.